The third-order valence-electron chi connectivity index (χ3n) is 3.47. The molecule has 0 spiro atoms. The van der Waals surface area contributed by atoms with Gasteiger partial charge in [0.2, 0.25) is 0 Å². The number of methoxy groups -OCH3 is 1. The SMILES string of the molecule is COCCCOc1ccc2c(nnn2CC2CC2)c1Br. The smallest absolute Gasteiger partial charge is 0.135 e. The van der Waals surface area contributed by atoms with Gasteiger partial charge < -0.3 is 9.47 Å². The van der Waals surface area contributed by atoms with Gasteiger partial charge >= 0.3 is 0 Å². The molecule has 1 fully saturated rings. The molecule has 1 saturated carbocycles. The topological polar surface area (TPSA) is 49.2 Å². The number of halogens is 1. The Morgan fingerprint density at radius 3 is 2.95 bits per heavy atom. The number of benzene rings is 1. The molecule has 0 saturated heterocycles. The Morgan fingerprint density at radius 2 is 2.20 bits per heavy atom. The summed E-state index contributed by atoms with van der Waals surface area (Å²) in [6.07, 6.45) is 3.49. The summed E-state index contributed by atoms with van der Waals surface area (Å²) < 4.78 is 13.6. The van der Waals surface area contributed by atoms with Gasteiger partial charge in [0, 0.05) is 26.7 Å². The fraction of sp³-hybridized carbons (Fsp3) is 0.571. The van der Waals surface area contributed by atoms with Crippen LogP contribution in [0.3, 0.4) is 0 Å². The van der Waals surface area contributed by atoms with Gasteiger partial charge in [0.15, 0.2) is 0 Å². The second kappa shape index (κ2) is 6.10. The monoisotopic (exact) mass is 339 g/mol. The molecule has 2 aromatic rings. The van der Waals surface area contributed by atoms with Crippen molar-refractivity contribution in [3.63, 3.8) is 0 Å². The second-order valence-corrected chi connectivity index (χ2v) is 5.95. The van der Waals surface area contributed by atoms with E-state index in [-0.39, 0.29) is 0 Å². The summed E-state index contributed by atoms with van der Waals surface area (Å²) in [4.78, 5) is 0. The fourth-order valence-corrected chi connectivity index (χ4v) is 2.69. The van der Waals surface area contributed by atoms with Crippen LogP contribution >= 0.6 is 15.9 Å². The maximum atomic E-state index is 5.75. The van der Waals surface area contributed by atoms with Crippen molar-refractivity contribution < 1.29 is 9.47 Å². The minimum atomic E-state index is 0.633. The van der Waals surface area contributed by atoms with Gasteiger partial charge in [-0.2, -0.15) is 0 Å². The molecule has 1 aliphatic carbocycles. The predicted molar refractivity (Wildman–Crippen MR) is 79.9 cm³/mol. The lowest BCUT2D eigenvalue weighted by atomic mass is 10.3. The van der Waals surface area contributed by atoms with Crippen LogP contribution in [0.5, 0.6) is 5.75 Å². The van der Waals surface area contributed by atoms with E-state index in [1.54, 1.807) is 7.11 Å². The molecule has 0 bridgehead atoms. The zero-order valence-electron chi connectivity index (χ0n) is 11.5. The number of ether oxygens (including phenoxy) is 2. The van der Waals surface area contributed by atoms with E-state index in [9.17, 15) is 0 Å². The van der Waals surface area contributed by atoms with Gasteiger partial charge in [-0.25, -0.2) is 4.68 Å². The summed E-state index contributed by atoms with van der Waals surface area (Å²) in [6.45, 7) is 2.31. The minimum absolute atomic E-state index is 0.633. The molecule has 0 radical (unpaired) electrons. The average molecular weight is 340 g/mol. The molecule has 3 rings (SSSR count). The lowest BCUT2D eigenvalue weighted by Crippen LogP contribution is -2.03. The highest BCUT2D eigenvalue weighted by Crippen LogP contribution is 2.34. The van der Waals surface area contributed by atoms with E-state index in [1.165, 1.54) is 12.8 Å². The zero-order valence-corrected chi connectivity index (χ0v) is 13.1. The predicted octanol–water partition coefficient (Wildman–Crippen LogP) is 3.02. The van der Waals surface area contributed by atoms with Gasteiger partial charge in [-0.3, -0.25) is 0 Å². The molecule has 0 atom stereocenters. The van der Waals surface area contributed by atoms with Gasteiger partial charge in [0.25, 0.3) is 0 Å². The van der Waals surface area contributed by atoms with E-state index >= 15 is 0 Å². The highest BCUT2D eigenvalue weighted by Gasteiger charge is 2.23. The third kappa shape index (κ3) is 2.96. The summed E-state index contributed by atoms with van der Waals surface area (Å²) in [5, 5.41) is 8.51. The number of nitrogens with zero attached hydrogens (tertiary/aromatic N) is 3. The van der Waals surface area contributed by atoms with Gasteiger partial charge in [-0.15, -0.1) is 5.10 Å². The molecule has 5 nitrogen and oxygen atoms in total. The molecule has 20 heavy (non-hydrogen) atoms. The normalized spacial score (nSPS) is 14.9. The standard InChI is InChI=1S/C14H18BrN3O2/c1-19-7-2-8-20-12-6-5-11-14(13(12)15)16-17-18(11)9-10-3-4-10/h5-6,10H,2-4,7-9H2,1H3. The Kier molecular flexibility index (Phi) is 4.21. The average Bonchev–Trinajstić information content (AvgIpc) is 3.17. The van der Waals surface area contributed by atoms with Crippen LogP contribution in [0.2, 0.25) is 0 Å². The summed E-state index contributed by atoms with van der Waals surface area (Å²) in [5.74, 6) is 1.59. The van der Waals surface area contributed by atoms with Gasteiger partial charge in [-0.05, 0) is 46.8 Å². The maximum absolute atomic E-state index is 5.75. The second-order valence-electron chi connectivity index (χ2n) is 5.16. The number of rotatable bonds is 7. The number of fused-ring (bicyclic) bond motifs is 1. The van der Waals surface area contributed by atoms with Crippen LogP contribution in [0, 0.1) is 5.92 Å². The van der Waals surface area contributed by atoms with Crippen LogP contribution in [-0.2, 0) is 11.3 Å². The van der Waals surface area contributed by atoms with Crippen molar-refractivity contribution in [2.24, 2.45) is 5.92 Å². The molecular weight excluding hydrogens is 322 g/mol. The van der Waals surface area contributed by atoms with Crippen LogP contribution in [-0.4, -0.2) is 35.3 Å². The largest absolute Gasteiger partial charge is 0.492 e. The first-order valence-corrected chi connectivity index (χ1v) is 7.72. The van der Waals surface area contributed by atoms with Crippen molar-refractivity contribution in [1.29, 1.82) is 0 Å². The molecule has 0 unspecified atom stereocenters. The number of hydrogen-bond donors (Lipinski definition) is 0. The van der Waals surface area contributed by atoms with E-state index in [4.69, 9.17) is 9.47 Å². The molecule has 1 aliphatic rings. The van der Waals surface area contributed by atoms with Crippen molar-refractivity contribution in [2.75, 3.05) is 20.3 Å². The van der Waals surface area contributed by atoms with E-state index in [1.807, 2.05) is 16.8 Å². The van der Waals surface area contributed by atoms with Crippen LogP contribution in [0.4, 0.5) is 0 Å². The first-order chi connectivity index (χ1) is 9.79. The molecular formula is C14H18BrN3O2. The highest BCUT2D eigenvalue weighted by atomic mass is 79.9. The van der Waals surface area contributed by atoms with E-state index in [0.29, 0.717) is 13.2 Å². The zero-order chi connectivity index (χ0) is 13.9. The third-order valence-corrected chi connectivity index (χ3v) is 4.23. The van der Waals surface area contributed by atoms with E-state index in [2.05, 4.69) is 26.2 Å². The van der Waals surface area contributed by atoms with E-state index in [0.717, 1.165) is 40.1 Å². The van der Waals surface area contributed by atoms with Gasteiger partial charge in [-0.1, -0.05) is 5.21 Å². The van der Waals surface area contributed by atoms with Crippen LogP contribution < -0.4 is 4.74 Å². The van der Waals surface area contributed by atoms with Crippen LogP contribution in [0.25, 0.3) is 11.0 Å². The van der Waals surface area contributed by atoms with E-state index < -0.39 is 0 Å². The number of hydrogen-bond acceptors (Lipinski definition) is 4. The summed E-state index contributed by atoms with van der Waals surface area (Å²) >= 11 is 3.57. The quantitative estimate of drug-likeness (QED) is 0.727. The Bertz CT molecular complexity index is 595. The Labute approximate surface area is 126 Å². The van der Waals surface area contributed by atoms with Gasteiger partial charge in [0.1, 0.15) is 11.3 Å². The van der Waals surface area contributed by atoms with Crippen molar-refractivity contribution >= 4 is 27.0 Å². The summed E-state index contributed by atoms with van der Waals surface area (Å²) in [5.41, 5.74) is 1.93. The van der Waals surface area contributed by atoms with Crippen molar-refractivity contribution in [1.82, 2.24) is 15.0 Å². The molecule has 1 aromatic heterocycles. The number of aromatic nitrogens is 3. The van der Waals surface area contributed by atoms with Crippen LogP contribution in [0.1, 0.15) is 19.3 Å². The fourth-order valence-electron chi connectivity index (χ4n) is 2.16. The Balaban J connectivity index is 1.76. The summed E-state index contributed by atoms with van der Waals surface area (Å²) in [7, 11) is 1.69. The maximum Gasteiger partial charge on any atom is 0.135 e. The lowest BCUT2D eigenvalue weighted by Gasteiger charge is -2.08. The van der Waals surface area contributed by atoms with Crippen molar-refractivity contribution in [3.8, 4) is 5.75 Å². The summed E-state index contributed by atoms with van der Waals surface area (Å²) in [6, 6.07) is 4.01. The minimum Gasteiger partial charge on any atom is -0.492 e. The molecule has 0 amide bonds. The lowest BCUT2D eigenvalue weighted by molar-refractivity contribution is 0.172. The molecule has 6 heteroatoms. The Morgan fingerprint density at radius 1 is 1.35 bits per heavy atom. The first kappa shape index (κ1) is 13.8. The first-order valence-electron chi connectivity index (χ1n) is 6.93. The molecule has 0 N–H and O–H groups in total. The highest BCUT2D eigenvalue weighted by molar-refractivity contribution is 9.10. The van der Waals surface area contributed by atoms with Crippen molar-refractivity contribution in [2.45, 2.75) is 25.8 Å². The van der Waals surface area contributed by atoms with Crippen molar-refractivity contribution in [3.05, 3.63) is 16.6 Å². The molecule has 0 aliphatic heterocycles. The van der Waals surface area contributed by atoms with Gasteiger partial charge in [0.05, 0.1) is 16.6 Å². The molecule has 1 heterocycles. The van der Waals surface area contributed by atoms with Crippen LogP contribution in [0.15, 0.2) is 16.6 Å². The molecule has 108 valence electrons. The molecule has 1 aromatic carbocycles. The Hall–Kier alpha value is -1.14.